The molecule has 0 aliphatic heterocycles. The average Bonchev–Trinajstić information content (AvgIpc) is 3.50. The van der Waals surface area contributed by atoms with Gasteiger partial charge in [0.2, 0.25) is 0 Å². The summed E-state index contributed by atoms with van der Waals surface area (Å²) in [6, 6.07) is 0. The van der Waals surface area contributed by atoms with Crippen LogP contribution in [0.25, 0.3) is 0 Å². The minimum absolute atomic E-state index is 0.498. The number of rotatable bonds is 0. The van der Waals surface area contributed by atoms with E-state index in [4.69, 9.17) is 0 Å². The van der Waals surface area contributed by atoms with Gasteiger partial charge in [-0.3, -0.25) is 0 Å². The lowest BCUT2D eigenvalue weighted by Gasteiger charge is -2.51. The van der Waals surface area contributed by atoms with Gasteiger partial charge in [0.05, 0.1) is 0 Å². The minimum atomic E-state index is 0.498. The molecule has 4 saturated carbocycles. The molecular formula is C50H100. The van der Waals surface area contributed by atoms with Gasteiger partial charge in [-0.05, 0) is 136 Å². The molecule has 0 amide bonds. The van der Waals surface area contributed by atoms with Crippen LogP contribution in [0.1, 0.15) is 230 Å². The van der Waals surface area contributed by atoms with Crippen molar-refractivity contribution < 1.29 is 0 Å². The van der Waals surface area contributed by atoms with E-state index in [0.717, 1.165) is 47.3 Å². The molecule has 0 heteroatoms. The highest BCUT2D eigenvalue weighted by molar-refractivity contribution is 4.99. The van der Waals surface area contributed by atoms with Gasteiger partial charge in [0, 0.05) is 0 Å². The second kappa shape index (κ2) is 16.8. The van der Waals surface area contributed by atoms with E-state index in [1.807, 2.05) is 0 Å². The smallest absolute Gasteiger partial charge is 0.0329 e. The maximum Gasteiger partial charge on any atom is -0.0329 e. The Hall–Kier alpha value is 0. The van der Waals surface area contributed by atoms with Gasteiger partial charge in [-0.25, -0.2) is 0 Å². The van der Waals surface area contributed by atoms with Crippen molar-refractivity contribution >= 4 is 0 Å². The Morgan fingerprint density at radius 1 is 0.200 bits per heavy atom. The van der Waals surface area contributed by atoms with Crippen LogP contribution >= 0.6 is 0 Å². The van der Waals surface area contributed by atoms with Crippen molar-refractivity contribution in [2.24, 2.45) is 90.7 Å². The van der Waals surface area contributed by atoms with Crippen LogP contribution in [0.3, 0.4) is 0 Å². The fourth-order valence-corrected chi connectivity index (χ4v) is 10.9. The molecule has 4 fully saturated rings. The SMILES string of the molecule is CC(C)(C)C1CC1C(C)(C)C.CC(C)(C)C1CCC1C(C)(C)C.CC(C)(C)C1CCCC1C(C)(C)C.CC(C)(C)C1CCCCC1C(C)(C)C. The van der Waals surface area contributed by atoms with E-state index in [2.05, 4.69) is 166 Å². The summed E-state index contributed by atoms with van der Waals surface area (Å²) in [5, 5.41) is 0. The summed E-state index contributed by atoms with van der Waals surface area (Å²) in [5.41, 5.74) is 4.14. The van der Waals surface area contributed by atoms with Gasteiger partial charge < -0.3 is 0 Å². The predicted octanol–water partition coefficient (Wildman–Crippen LogP) is 17.2. The molecule has 0 aromatic heterocycles. The maximum absolute atomic E-state index is 2.42. The molecule has 300 valence electrons. The van der Waals surface area contributed by atoms with Crippen LogP contribution in [-0.2, 0) is 0 Å². The second-order valence-corrected chi connectivity index (χ2v) is 26.8. The number of hydrogen-bond acceptors (Lipinski definition) is 0. The van der Waals surface area contributed by atoms with Gasteiger partial charge in [0.15, 0.2) is 0 Å². The van der Waals surface area contributed by atoms with Crippen LogP contribution < -0.4 is 0 Å². The van der Waals surface area contributed by atoms with Crippen molar-refractivity contribution in [3.8, 4) is 0 Å². The maximum atomic E-state index is 2.42. The first-order valence-corrected chi connectivity index (χ1v) is 21.9. The van der Waals surface area contributed by atoms with Gasteiger partial charge in [-0.2, -0.15) is 0 Å². The van der Waals surface area contributed by atoms with Crippen LogP contribution in [0, 0.1) is 90.7 Å². The lowest BCUT2D eigenvalue weighted by molar-refractivity contribution is -0.0163. The zero-order valence-electron chi connectivity index (χ0n) is 39.7. The van der Waals surface area contributed by atoms with E-state index in [1.165, 1.54) is 64.2 Å². The Balaban J connectivity index is 0.000000335. The molecule has 0 heterocycles. The highest BCUT2D eigenvalue weighted by atomic mass is 14.6. The molecule has 50 heavy (non-hydrogen) atoms. The van der Waals surface area contributed by atoms with Gasteiger partial charge in [-0.15, -0.1) is 0 Å². The second-order valence-electron chi connectivity index (χ2n) is 26.8. The molecular weight excluding hydrogens is 601 g/mol. The lowest BCUT2D eigenvalue weighted by atomic mass is 9.54. The standard InChI is InChI=1S/C14H28.C13H26.C12H24.C11H22/c1-13(2,3)11-9-7-8-10-12(11)14(4,5)6;1-12(2,3)10-8-7-9-11(10)13(4,5)6;1-11(2,3)9-7-8-10(9)12(4,5)6;1-10(2,3)8-7-9(8)11(4,5)6/h11-12H,7-10H2,1-6H3;10-11H,7-9H2,1-6H3;9-10H,7-8H2,1-6H3;8-9H,7H2,1-6H3. The minimum Gasteiger partial charge on any atom is -0.0599 e. The largest absolute Gasteiger partial charge is 0.0599 e. The zero-order valence-corrected chi connectivity index (χ0v) is 39.7. The lowest BCUT2D eigenvalue weighted by Crippen LogP contribution is -2.43. The highest BCUT2D eigenvalue weighted by Crippen LogP contribution is 2.58. The molecule has 8 atom stereocenters. The van der Waals surface area contributed by atoms with Crippen molar-refractivity contribution in [1.29, 1.82) is 0 Å². The van der Waals surface area contributed by atoms with Gasteiger partial charge in [0.1, 0.15) is 0 Å². The molecule has 0 radical (unpaired) electrons. The molecule has 0 spiro atoms. The molecule has 8 unspecified atom stereocenters. The summed E-state index contributed by atoms with van der Waals surface area (Å²) < 4.78 is 0. The monoisotopic (exact) mass is 701 g/mol. The fourth-order valence-electron chi connectivity index (χ4n) is 10.9. The van der Waals surface area contributed by atoms with Crippen molar-refractivity contribution in [1.82, 2.24) is 0 Å². The van der Waals surface area contributed by atoms with E-state index in [-0.39, 0.29) is 0 Å². The summed E-state index contributed by atoms with van der Waals surface area (Å²) >= 11 is 0. The quantitative estimate of drug-likeness (QED) is 0.236. The van der Waals surface area contributed by atoms with Crippen LogP contribution in [0.4, 0.5) is 0 Å². The third kappa shape index (κ3) is 15.0. The molecule has 4 rings (SSSR count). The van der Waals surface area contributed by atoms with Crippen LogP contribution in [-0.4, -0.2) is 0 Å². The summed E-state index contributed by atoms with van der Waals surface area (Å²) in [5.74, 6) is 7.59. The van der Waals surface area contributed by atoms with E-state index >= 15 is 0 Å². The van der Waals surface area contributed by atoms with E-state index in [0.29, 0.717) is 43.3 Å². The van der Waals surface area contributed by atoms with Gasteiger partial charge >= 0.3 is 0 Å². The molecule has 4 aliphatic carbocycles. The molecule has 4 aliphatic rings. The van der Waals surface area contributed by atoms with Crippen molar-refractivity contribution in [3.05, 3.63) is 0 Å². The van der Waals surface area contributed by atoms with Gasteiger partial charge in [-0.1, -0.05) is 185 Å². The Morgan fingerprint density at radius 3 is 0.500 bits per heavy atom. The third-order valence-corrected chi connectivity index (χ3v) is 14.2. The third-order valence-electron chi connectivity index (χ3n) is 14.2. The van der Waals surface area contributed by atoms with E-state index in [9.17, 15) is 0 Å². The first kappa shape index (κ1) is 48.0. The van der Waals surface area contributed by atoms with E-state index < -0.39 is 0 Å². The van der Waals surface area contributed by atoms with Crippen LogP contribution in [0.2, 0.25) is 0 Å². The summed E-state index contributed by atoms with van der Waals surface area (Å²) in [6.07, 6.45) is 14.5. The average molecular weight is 701 g/mol. The molecule has 0 N–H and O–H groups in total. The Morgan fingerprint density at radius 2 is 0.360 bits per heavy atom. The van der Waals surface area contributed by atoms with Crippen molar-refractivity contribution in [2.45, 2.75) is 230 Å². The van der Waals surface area contributed by atoms with Gasteiger partial charge in [0.25, 0.3) is 0 Å². The molecule has 0 saturated heterocycles. The Bertz CT molecular complexity index is 887. The Kier molecular flexibility index (Phi) is 16.1. The first-order chi connectivity index (χ1) is 21.9. The first-order valence-electron chi connectivity index (χ1n) is 21.9. The topological polar surface area (TPSA) is 0 Å². The molecule has 0 aromatic rings. The summed E-state index contributed by atoms with van der Waals surface area (Å²) in [4.78, 5) is 0. The Labute approximate surface area is 320 Å². The zero-order chi connectivity index (χ0) is 39.7. The normalized spacial score (nSPS) is 31.2. The van der Waals surface area contributed by atoms with Crippen molar-refractivity contribution in [3.63, 3.8) is 0 Å². The van der Waals surface area contributed by atoms with Crippen molar-refractivity contribution in [2.75, 3.05) is 0 Å². The van der Waals surface area contributed by atoms with Crippen LogP contribution in [0.15, 0.2) is 0 Å². The van der Waals surface area contributed by atoms with Crippen LogP contribution in [0.5, 0.6) is 0 Å². The number of hydrogen-bond donors (Lipinski definition) is 0. The summed E-state index contributed by atoms with van der Waals surface area (Å²) in [7, 11) is 0. The molecule has 0 nitrogen and oxygen atoms in total. The fraction of sp³-hybridized carbons (Fsp3) is 1.00. The molecule has 0 aromatic carbocycles. The summed E-state index contributed by atoms with van der Waals surface area (Å²) in [6.45, 7) is 57.4. The highest BCUT2D eigenvalue weighted by Gasteiger charge is 2.50. The van der Waals surface area contributed by atoms with E-state index in [1.54, 1.807) is 0 Å². The molecule has 0 bridgehead atoms. The predicted molar refractivity (Wildman–Crippen MR) is 230 cm³/mol.